The largest absolute Gasteiger partial charge is 0.508 e. The third-order valence-corrected chi connectivity index (χ3v) is 5.48. The fraction of sp³-hybridized carbons (Fsp3) is 0.300. The Morgan fingerprint density at radius 3 is 1.90 bits per heavy atom. The normalized spacial score (nSPS) is 12.8. The van der Waals surface area contributed by atoms with Crippen LogP contribution in [0.4, 0.5) is 0 Å². The van der Waals surface area contributed by atoms with E-state index in [9.17, 15) is 19.3 Å². The number of esters is 2. The van der Waals surface area contributed by atoms with Crippen molar-refractivity contribution in [3.8, 4) is 11.5 Å². The second-order valence-corrected chi connectivity index (χ2v) is 8.08. The van der Waals surface area contributed by atoms with Gasteiger partial charge in [-0.2, -0.15) is 0 Å². The summed E-state index contributed by atoms with van der Waals surface area (Å²) in [5.41, 5.74) is 1.30. The smallest absolute Gasteiger partial charge is 0.342 e. The van der Waals surface area contributed by atoms with Gasteiger partial charge < -0.3 is 23.6 Å². The average molecular weight is 422 g/mol. The van der Waals surface area contributed by atoms with Crippen molar-refractivity contribution in [3.05, 3.63) is 59.7 Å². The number of phenolic OH excluding ortho intramolecular Hbond substituents is 1. The van der Waals surface area contributed by atoms with Crippen LogP contribution in [0.15, 0.2) is 48.5 Å². The molecule has 0 amide bonds. The molecule has 1 N–H and O–H groups in total. The van der Waals surface area contributed by atoms with E-state index in [2.05, 4.69) is 4.74 Å². The zero-order valence-electron chi connectivity index (χ0n) is 16.2. The first-order valence-electron chi connectivity index (χ1n) is 8.86. The first-order valence-corrected chi connectivity index (χ1v) is 10.6. The molecule has 0 aliphatic heterocycles. The number of phenols is 1. The van der Waals surface area contributed by atoms with Crippen LogP contribution in [0, 0.1) is 0 Å². The molecule has 2 aromatic carbocycles. The molecule has 0 saturated carbocycles. The lowest BCUT2D eigenvalue weighted by Gasteiger charge is -2.18. The summed E-state index contributed by atoms with van der Waals surface area (Å²) in [5.74, 6) is -0.585. The maximum absolute atomic E-state index is 13.0. The first kappa shape index (κ1) is 22.6. The summed E-state index contributed by atoms with van der Waals surface area (Å²) in [7, 11) is -2.61. The number of hydrogen-bond donors (Lipinski definition) is 1. The number of aromatic hydroxyl groups is 1. The van der Waals surface area contributed by atoms with Crippen molar-refractivity contribution in [1.29, 1.82) is 0 Å². The van der Waals surface area contributed by atoms with Crippen molar-refractivity contribution in [2.75, 3.05) is 13.3 Å². The van der Waals surface area contributed by atoms with Crippen LogP contribution in [0.5, 0.6) is 11.5 Å². The van der Waals surface area contributed by atoms with Crippen LogP contribution in [0.1, 0.15) is 24.5 Å². The van der Waals surface area contributed by atoms with Crippen LogP contribution in [-0.4, -0.2) is 30.3 Å². The number of ether oxygens (including phenoxy) is 2. The second kappa shape index (κ2) is 10.8. The van der Waals surface area contributed by atoms with Gasteiger partial charge in [-0.3, -0.25) is 14.2 Å². The molecule has 1 unspecified atom stereocenters. The van der Waals surface area contributed by atoms with Gasteiger partial charge >= 0.3 is 19.5 Å². The van der Waals surface area contributed by atoms with Crippen molar-refractivity contribution < 1.29 is 37.8 Å². The molecule has 0 heterocycles. The zero-order chi connectivity index (χ0) is 21.3. The highest BCUT2D eigenvalue weighted by molar-refractivity contribution is 7.54. The third-order valence-electron chi connectivity index (χ3n) is 3.79. The quantitative estimate of drug-likeness (QED) is 0.350. The molecule has 2 rings (SSSR count). The maximum Gasteiger partial charge on any atom is 0.342 e. The van der Waals surface area contributed by atoms with Crippen LogP contribution < -0.4 is 4.74 Å². The molecule has 0 aliphatic rings. The van der Waals surface area contributed by atoms with Crippen molar-refractivity contribution in [1.82, 2.24) is 0 Å². The van der Waals surface area contributed by atoms with Crippen LogP contribution in [-0.2, 0) is 41.2 Å². The number of hydrogen-bond acceptors (Lipinski definition) is 8. The van der Waals surface area contributed by atoms with Gasteiger partial charge in [0.15, 0.2) is 0 Å². The summed E-state index contributed by atoms with van der Waals surface area (Å²) in [6, 6.07) is 12.6. The molecule has 0 spiro atoms. The fourth-order valence-electron chi connectivity index (χ4n) is 2.15. The summed E-state index contributed by atoms with van der Waals surface area (Å²) < 4.78 is 33.5. The molecule has 0 radical (unpaired) electrons. The van der Waals surface area contributed by atoms with Crippen LogP contribution in [0.3, 0.4) is 0 Å². The molecular formula is C20H23O8P. The molecule has 0 saturated heterocycles. The molecule has 0 fully saturated rings. The topological polar surface area (TPSA) is 108 Å². The van der Waals surface area contributed by atoms with Crippen LogP contribution >= 0.6 is 7.60 Å². The Morgan fingerprint density at radius 1 is 0.897 bits per heavy atom. The summed E-state index contributed by atoms with van der Waals surface area (Å²) >= 11 is 0. The van der Waals surface area contributed by atoms with E-state index < -0.39 is 19.7 Å². The predicted molar refractivity (Wildman–Crippen MR) is 105 cm³/mol. The van der Waals surface area contributed by atoms with E-state index in [1.54, 1.807) is 43.3 Å². The van der Waals surface area contributed by atoms with Gasteiger partial charge in [0, 0.05) is 6.42 Å². The molecule has 0 bridgehead atoms. The van der Waals surface area contributed by atoms with E-state index in [0.717, 1.165) is 0 Å². The minimum atomic E-state index is -3.80. The Bertz CT molecular complexity index is 861. The van der Waals surface area contributed by atoms with E-state index in [4.69, 9.17) is 13.8 Å². The maximum atomic E-state index is 13.0. The molecule has 1 atom stereocenters. The van der Waals surface area contributed by atoms with Crippen molar-refractivity contribution in [3.63, 3.8) is 0 Å². The van der Waals surface area contributed by atoms with E-state index in [-0.39, 0.29) is 31.4 Å². The average Bonchev–Trinajstić information content (AvgIpc) is 2.73. The summed E-state index contributed by atoms with van der Waals surface area (Å²) in [6.45, 7) is 1.55. The number of rotatable bonds is 10. The van der Waals surface area contributed by atoms with Gasteiger partial charge in [0.25, 0.3) is 0 Å². The van der Waals surface area contributed by atoms with E-state index in [0.29, 0.717) is 16.9 Å². The lowest BCUT2D eigenvalue weighted by Crippen LogP contribution is -2.11. The van der Waals surface area contributed by atoms with E-state index in [1.807, 2.05) is 0 Å². The minimum absolute atomic E-state index is 0.0690. The molecule has 0 aliphatic carbocycles. The Kier molecular flexibility index (Phi) is 8.39. The molecule has 9 heteroatoms. The van der Waals surface area contributed by atoms with Crippen molar-refractivity contribution in [2.24, 2.45) is 0 Å². The molecule has 29 heavy (non-hydrogen) atoms. The molecule has 156 valence electrons. The highest BCUT2D eigenvalue weighted by Crippen LogP contribution is 2.49. The first-order chi connectivity index (χ1) is 13.8. The number of carbonyl (C=O) groups excluding carboxylic acids is 2. The lowest BCUT2D eigenvalue weighted by molar-refractivity contribution is -0.138. The molecule has 2 aromatic rings. The van der Waals surface area contributed by atoms with Gasteiger partial charge in [0.2, 0.25) is 0 Å². The SMILES string of the molecule is CCC(=O)Oc1ccc(COP(=O)(CC(=O)OC)OCc2ccc(O)cc2)cc1. The molecule has 8 nitrogen and oxygen atoms in total. The zero-order valence-corrected chi connectivity index (χ0v) is 17.1. The summed E-state index contributed by atoms with van der Waals surface area (Å²) in [4.78, 5) is 22.9. The predicted octanol–water partition coefficient (Wildman–Crippen LogP) is 3.81. The highest BCUT2D eigenvalue weighted by atomic mass is 31.2. The Balaban J connectivity index is 2.01. The van der Waals surface area contributed by atoms with Gasteiger partial charge in [-0.25, -0.2) is 0 Å². The van der Waals surface area contributed by atoms with Crippen LogP contribution in [0.25, 0.3) is 0 Å². The number of carbonyl (C=O) groups is 2. The summed E-state index contributed by atoms with van der Waals surface area (Å²) in [6.07, 6.45) is -0.270. The Morgan fingerprint density at radius 2 is 1.41 bits per heavy atom. The third kappa shape index (κ3) is 7.69. The van der Waals surface area contributed by atoms with Gasteiger partial charge in [0.05, 0.1) is 20.3 Å². The van der Waals surface area contributed by atoms with Gasteiger partial charge in [-0.15, -0.1) is 0 Å². The van der Waals surface area contributed by atoms with Gasteiger partial charge in [-0.05, 0) is 35.4 Å². The molecule has 0 aromatic heterocycles. The standard InChI is InChI=1S/C20H23O8P/c1-3-19(22)28-18-10-6-16(7-11-18)13-27-29(24,14-20(23)25-2)26-12-15-4-8-17(21)9-5-15/h4-11,21H,3,12-14H2,1-2H3. The Labute approximate surface area is 168 Å². The lowest BCUT2D eigenvalue weighted by atomic mass is 10.2. The van der Waals surface area contributed by atoms with Crippen molar-refractivity contribution in [2.45, 2.75) is 26.6 Å². The van der Waals surface area contributed by atoms with Crippen molar-refractivity contribution >= 4 is 19.5 Å². The van der Waals surface area contributed by atoms with Gasteiger partial charge in [-0.1, -0.05) is 31.2 Å². The highest BCUT2D eigenvalue weighted by Gasteiger charge is 2.29. The number of benzene rings is 2. The summed E-state index contributed by atoms with van der Waals surface area (Å²) in [5, 5.41) is 9.32. The Hall–Kier alpha value is -2.67. The monoisotopic (exact) mass is 422 g/mol. The second-order valence-electron chi connectivity index (χ2n) is 6.03. The van der Waals surface area contributed by atoms with E-state index in [1.165, 1.54) is 19.2 Å². The van der Waals surface area contributed by atoms with Gasteiger partial charge in [0.1, 0.15) is 17.7 Å². The molecular weight excluding hydrogens is 399 g/mol. The fourth-order valence-corrected chi connectivity index (χ4v) is 3.54. The number of methoxy groups -OCH3 is 1. The minimum Gasteiger partial charge on any atom is -0.508 e. The van der Waals surface area contributed by atoms with Crippen LogP contribution in [0.2, 0.25) is 0 Å². The van der Waals surface area contributed by atoms with E-state index >= 15 is 0 Å².